The smallest absolute Gasteiger partial charge is 0.263 e. The van der Waals surface area contributed by atoms with Gasteiger partial charge in [-0.05, 0) is 30.7 Å². The van der Waals surface area contributed by atoms with E-state index in [0.717, 1.165) is 12.1 Å². The molecule has 2 rings (SSSR count). The number of anilines is 2. The molecule has 22 heavy (non-hydrogen) atoms. The van der Waals surface area contributed by atoms with Gasteiger partial charge in [-0.15, -0.1) is 0 Å². The fourth-order valence-electron chi connectivity index (χ4n) is 1.84. The van der Waals surface area contributed by atoms with Crippen molar-refractivity contribution in [1.82, 2.24) is 9.71 Å². The molecule has 1 aromatic carbocycles. The molecule has 0 atom stereocenters. The molecule has 118 valence electrons. The minimum absolute atomic E-state index is 0.0371. The van der Waals surface area contributed by atoms with Crippen molar-refractivity contribution in [3.05, 3.63) is 54.4 Å². The van der Waals surface area contributed by atoms with Crippen molar-refractivity contribution in [3.8, 4) is 0 Å². The number of halogens is 2. The highest BCUT2D eigenvalue weighted by Crippen LogP contribution is 2.32. The zero-order valence-electron chi connectivity index (χ0n) is 11.8. The Morgan fingerprint density at radius 1 is 1.18 bits per heavy atom. The SMILES string of the molecule is CCCNS(=O)(=O)N(c1cccnc1)c1c(F)cccc1F. The van der Waals surface area contributed by atoms with Crippen LogP contribution >= 0.6 is 0 Å². The Morgan fingerprint density at radius 3 is 2.41 bits per heavy atom. The molecule has 0 radical (unpaired) electrons. The van der Waals surface area contributed by atoms with Crippen LogP contribution in [0.2, 0.25) is 0 Å². The molecular weight excluding hydrogens is 312 g/mol. The minimum atomic E-state index is -4.17. The molecule has 0 saturated carbocycles. The van der Waals surface area contributed by atoms with Crippen molar-refractivity contribution in [1.29, 1.82) is 0 Å². The second-order valence-electron chi connectivity index (χ2n) is 4.45. The Labute approximate surface area is 127 Å². The maximum atomic E-state index is 14.0. The molecule has 0 aliphatic carbocycles. The van der Waals surface area contributed by atoms with E-state index in [2.05, 4.69) is 9.71 Å². The van der Waals surface area contributed by atoms with Gasteiger partial charge in [-0.25, -0.2) is 13.1 Å². The molecule has 0 fully saturated rings. The summed E-state index contributed by atoms with van der Waals surface area (Å²) in [5, 5.41) is 0. The summed E-state index contributed by atoms with van der Waals surface area (Å²) in [5.74, 6) is -1.96. The molecule has 1 aromatic heterocycles. The Kier molecular flexibility index (Phi) is 5.04. The van der Waals surface area contributed by atoms with E-state index in [0.29, 0.717) is 10.7 Å². The van der Waals surface area contributed by atoms with Crippen molar-refractivity contribution in [3.63, 3.8) is 0 Å². The summed E-state index contributed by atoms with van der Waals surface area (Å²) in [6.07, 6.45) is 3.20. The topological polar surface area (TPSA) is 62.3 Å². The number of para-hydroxylation sites is 1. The van der Waals surface area contributed by atoms with Crippen molar-refractivity contribution in [2.45, 2.75) is 13.3 Å². The third-order valence-electron chi connectivity index (χ3n) is 2.80. The van der Waals surface area contributed by atoms with Gasteiger partial charge >= 0.3 is 10.2 Å². The Hall–Kier alpha value is -2.06. The number of hydrogen-bond acceptors (Lipinski definition) is 3. The van der Waals surface area contributed by atoms with Crippen molar-refractivity contribution < 1.29 is 17.2 Å². The Morgan fingerprint density at radius 2 is 1.86 bits per heavy atom. The van der Waals surface area contributed by atoms with Crippen LogP contribution in [0.15, 0.2) is 42.7 Å². The lowest BCUT2D eigenvalue weighted by atomic mass is 10.2. The molecule has 0 spiro atoms. The van der Waals surface area contributed by atoms with Gasteiger partial charge < -0.3 is 0 Å². The normalized spacial score (nSPS) is 11.4. The quantitative estimate of drug-likeness (QED) is 0.887. The minimum Gasteiger partial charge on any atom is -0.263 e. The van der Waals surface area contributed by atoms with Gasteiger partial charge in [0, 0.05) is 12.7 Å². The second kappa shape index (κ2) is 6.80. The molecule has 0 bridgehead atoms. The molecule has 0 amide bonds. The second-order valence-corrected chi connectivity index (χ2v) is 6.05. The number of pyridine rings is 1. The number of rotatable bonds is 6. The lowest BCUT2D eigenvalue weighted by molar-refractivity contribution is 0.566. The van der Waals surface area contributed by atoms with Crippen molar-refractivity contribution in [2.24, 2.45) is 0 Å². The van der Waals surface area contributed by atoms with Crippen LogP contribution < -0.4 is 9.03 Å². The lowest BCUT2D eigenvalue weighted by Gasteiger charge is -2.25. The largest absolute Gasteiger partial charge is 0.306 e. The van der Waals surface area contributed by atoms with Crippen LogP contribution in [0.5, 0.6) is 0 Å². The Balaban J connectivity index is 2.62. The highest BCUT2D eigenvalue weighted by molar-refractivity contribution is 7.91. The predicted octanol–water partition coefficient (Wildman–Crippen LogP) is 2.74. The van der Waals surface area contributed by atoms with E-state index >= 15 is 0 Å². The van der Waals surface area contributed by atoms with Gasteiger partial charge in [-0.1, -0.05) is 13.0 Å². The zero-order valence-corrected chi connectivity index (χ0v) is 12.6. The Bertz CT molecular complexity index is 719. The summed E-state index contributed by atoms with van der Waals surface area (Å²) >= 11 is 0. The molecule has 5 nitrogen and oxygen atoms in total. The summed E-state index contributed by atoms with van der Waals surface area (Å²) < 4.78 is 55.9. The average molecular weight is 327 g/mol. The molecule has 2 aromatic rings. The van der Waals surface area contributed by atoms with Crippen molar-refractivity contribution >= 4 is 21.6 Å². The van der Waals surface area contributed by atoms with Crippen LogP contribution in [0, 0.1) is 11.6 Å². The highest BCUT2D eigenvalue weighted by atomic mass is 32.2. The average Bonchev–Trinajstić information content (AvgIpc) is 2.50. The van der Waals surface area contributed by atoms with E-state index in [9.17, 15) is 17.2 Å². The predicted molar refractivity (Wildman–Crippen MR) is 79.9 cm³/mol. The van der Waals surface area contributed by atoms with Gasteiger partial charge in [0.15, 0.2) is 11.6 Å². The van der Waals surface area contributed by atoms with Crippen LogP contribution in [-0.2, 0) is 10.2 Å². The first-order valence-electron chi connectivity index (χ1n) is 6.61. The molecule has 0 saturated heterocycles. The summed E-state index contributed by atoms with van der Waals surface area (Å²) in [4.78, 5) is 3.81. The van der Waals surface area contributed by atoms with Crippen LogP contribution in [0.4, 0.5) is 20.2 Å². The number of nitrogens with zero attached hydrogens (tertiary/aromatic N) is 2. The summed E-state index contributed by atoms with van der Waals surface area (Å²) in [6.45, 7) is 1.93. The maximum absolute atomic E-state index is 14.0. The third kappa shape index (κ3) is 3.40. The summed E-state index contributed by atoms with van der Waals surface area (Å²) in [7, 11) is -4.17. The first-order valence-corrected chi connectivity index (χ1v) is 8.05. The standard InChI is InChI=1S/C14H15F2N3O2S/c1-2-8-18-22(20,21)19(11-5-4-9-17-10-11)14-12(15)6-3-7-13(14)16/h3-7,9-10,18H,2,8H2,1H3. The van der Waals surface area contributed by atoms with Gasteiger partial charge in [-0.3, -0.25) is 4.98 Å². The van der Waals surface area contributed by atoms with E-state index in [1.165, 1.54) is 30.6 Å². The fraction of sp³-hybridized carbons (Fsp3) is 0.214. The summed E-state index contributed by atoms with van der Waals surface area (Å²) in [6, 6.07) is 6.05. The van der Waals surface area contributed by atoms with Crippen molar-refractivity contribution in [2.75, 3.05) is 10.8 Å². The monoisotopic (exact) mass is 327 g/mol. The first kappa shape index (κ1) is 16.3. The highest BCUT2D eigenvalue weighted by Gasteiger charge is 2.29. The van der Waals surface area contributed by atoms with Gasteiger partial charge in [0.1, 0.15) is 5.69 Å². The number of hydrogen-bond donors (Lipinski definition) is 1. The molecule has 1 N–H and O–H groups in total. The molecular formula is C14H15F2N3O2S. The van der Waals surface area contributed by atoms with Crippen LogP contribution in [0.3, 0.4) is 0 Å². The maximum Gasteiger partial charge on any atom is 0.306 e. The van der Waals surface area contributed by atoms with Crippen LogP contribution in [-0.4, -0.2) is 19.9 Å². The third-order valence-corrected chi connectivity index (χ3v) is 4.24. The van der Waals surface area contributed by atoms with E-state index < -0.39 is 27.5 Å². The van der Waals surface area contributed by atoms with Gasteiger partial charge in [-0.2, -0.15) is 13.1 Å². The first-order chi connectivity index (χ1) is 10.5. The lowest BCUT2D eigenvalue weighted by Crippen LogP contribution is -2.39. The molecule has 0 unspecified atom stereocenters. The fourth-order valence-corrected chi connectivity index (χ4v) is 3.23. The number of benzene rings is 1. The van der Waals surface area contributed by atoms with E-state index in [4.69, 9.17) is 0 Å². The van der Waals surface area contributed by atoms with Crippen LogP contribution in [0.1, 0.15) is 13.3 Å². The molecule has 0 aliphatic heterocycles. The van der Waals surface area contributed by atoms with E-state index in [1.807, 2.05) is 0 Å². The number of aromatic nitrogens is 1. The molecule has 8 heteroatoms. The molecule has 0 aliphatic rings. The zero-order chi connectivity index (χ0) is 16.2. The van der Waals surface area contributed by atoms with E-state index in [-0.39, 0.29) is 12.2 Å². The van der Waals surface area contributed by atoms with Gasteiger partial charge in [0.25, 0.3) is 0 Å². The number of nitrogens with one attached hydrogen (secondary N) is 1. The van der Waals surface area contributed by atoms with E-state index in [1.54, 1.807) is 6.92 Å². The van der Waals surface area contributed by atoms with Gasteiger partial charge in [0.2, 0.25) is 0 Å². The van der Waals surface area contributed by atoms with Gasteiger partial charge in [0.05, 0.1) is 11.9 Å². The van der Waals surface area contributed by atoms with Crippen LogP contribution in [0.25, 0.3) is 0 Å². The molecule has 1 heterocycles. The summed E-state index contributed by atoms with van der Waals surface area (Å²) in [5.41, 5.74) is -0.630.